The number of nitrogens with one attached hydrogen (secondary N) is 2. The summed E-state index contributed by atoms with van der Waals surface area (Å²) in [6, 6.07) is 11.2. The SMILES string of the molecule is CSc1ccc(CNC(=O)NC2CC2c2c(F)cccc2F)cc1. The molecule has 126 valence electrons. The zero-order valence-electron chi connectivity index (χ0n) is 13.2. The van der Waals surface area contributed by atoms with Gasteiger partial charge in [0, 0.05) is 29.0 Å². The topological polar surface area (TPSA) is 41.1 Å². The average molecular weight is 348 g/mol. The van der Waals surface area contributed by atoms with E-state index in [0.717, 1.165) is 10.5 Å². The molecular weight excluding hydrogens is 330 g/mol. The highest BCUT2D eigenvalue weighted by molar-refractivity contribution is 7.98. The number of carbonyl (C=O) groups is 1. The minimum Gasteiger partial charge on any atom is -0.335 e. The number of hydrogen-bond donors (Lipinski definition) is 2. The lowest BCUT2D eigenvalue weighted by Crippen LogP contribution is -2.37. The van der Waals surface area contributed by atoms with E-state index < -0.39 is 11.6 Å². The van der Waals surface area contributed by atoms with Crippen molar-refractivity contribution in [2.24, 2.45) is 0 Å². The Morgan fingerprint density at radius 1 is 1.17 bits per heavy atom. The van der Waals surface area contributed by atoms with Crippen molar-refractivity contribution in [1.29, 1.82) is 0 Å². The van der Waals surface area contributed by atoms with Gasteiger partial charge < -0.3 is 10.6 Å². The predicted molar refractivity (Wildman–Crippen MR) is 91.1 cm³/mol. The summed E-state index contributed by atoms with van der Waals surface area (Å²) in [6.45, 7) is 0.409. The normalized spacial score (nSPS) is 19.0. The molecule has 6 heteroatoms. The largest absolute Gasteiger partial charge is 0.335 e. The summed E-state index contributed by atoms with van der Waals surface area (Å²) in [5.41, 5.74) is 1.06. The molecule has 2 unspecified atom stereocenters. The summed E-state index contributed by atoms with van der Waals surface area (Å²) in [6.07, 6.45) is 2.55. The number of amides is 2. The van der Waals surface area contributed by atoms with Crippen LogP contribution in [0.15, 0.2) is 47.4 Å². The molecule has 24 heavy (non-hydrogen) atoms. The minimum atomic E-state index is -0.557. The van der Waals surface area contributed by atoms with Crippen LogP contribution >= 0.6 is 11.8 Å². The first-order valence-electron chi connectivity index (χ1n) is 7.69. The summed E-state index contributed by atoms with van der Waals surface area (Å²) < 4.78 is 27.4. The number of hydrogen-bond acceptors (Lipinski definition) is 2. The second-order valence-electron chi connectivity index (χ2n) is 5.76. The maximum atomic E-state index is 13.7. The van der Waals surface area contributed by atoms with E-state index in [1.165, 1.54) is 18.2 Å². The maximum Gasteiger partial charge on any atom is 0.315 e. The third-order valence-corrected chi connectivity index (χ3v) is 4.83. The molecule has 2 aromatic rings. The first-order chi connectivity index (χ1) is 11.6. The third kappa shape index (κ3) is 3.87. The number of rotatable bonds is 5. The molecule has 1 aliphatic rings. The van der Waals surface area contributed by atoms with Gasteiger partial charge in [0.1, 0.15) is 11.6 Å². The predicted octanol–water partition coefficient (Wildman–Crippen LogP) is 4.04. The number of thioether (sulfide) groups is 1. The minimum absolute atomic E-state index is 0.0652. The van der Waals surface area contributed by atoms with Crippen LogP contribution in [0, 0.1) is 11.6 Å². The summed E-state index contributed by atoms with van der Waals surface area (Å²) in [5.74, 6) is -1.41. The molecule has 0 spiro atoms. The van der Waals surface area contributed by atoms with Crippen molar-refractivity contribution in [1.82, 2.24) is 10.6 Å². The molecule has 1 fully saturated rings. The molecule has 0 saturated heterocycles. The Morgan fingerprint density at radius 2 is 1.83 bits per heavy atom. The first-order valence-corrected chi connectivity index (χ1v) is 8.92. The fourth-order valence-electron chi connectivity index (χ4n) is 2.68. The number of halogens is 2. The first kappa shape index (κ1) is 16.8. The molecule has 3 nitrogen and oxygen atoms in total. The van der Waals surface area contributed by atoms with Crippen LogP contribution in [0.25, 0.3) is 0 Å². The second kappa shape index (κ2) is 7.21. The highest BCUT2D eigenvalue weighted by Crippen LogP contribution is 2.42. The molecule has 3 rings (SSSR count). The molecule has 2 aromatic carbocycles. The van der Waals surface area contributed by atoms with Gasteiger partial charge in [0.05, 0.1) is 0 Å². The molecular formula is C18H18F2N2OS. The molecule has 0 aliphatic heterocycles. The highest BCUT2D eigenvalue weighted by Gasteiger charge is 2.42. The number of benzene rings is 2. The van der Waals surface area contributed by atoms with E-state index >= 15 is 0 Å². The van der Waals surface area contributed by atoms with Crippen molar-refractivity contribution in [3.63, 3.8) is 0 Å². The van der Waals surface area contributed by atoms with Gasteiger partial charge in [0.25, 0.3) is 0 Å². The lowest BCUT2D eigenvalue weighted by molar-refractivity contribution is 0.240. The Balaban J connectivity index is 1.50. The summed E-state index contributed by atoms with van der Waals surface area (Å²) in [7, 11) is 0. The van der Waals surface area contributed by atoms with Gasteiger partial charge in [0.15, 0.2) is 0 Å². The van der Waals surface area contributed by atoms with Crippen LogP contribution in [0.4, 0.5) is 13.6 Å². The van der Waals surface area contributed by atoms with Crippen molar-refractivity contribution < 1.29 is 13.6 Å². The van der Waals surface area contributed by atoms with Crippen molar-refractivity contribution in [2.75, 3.05) is 6.26 Å². The summed E-state index contributed by atoms with van der Waals surface area (Å²) in [4.78, 5) is 13.1. The van der Waals surface area contributed by atoms with Crippen LogP contribution in [0.2, 0.25) is 0 Å². The fourth-order valence-corrected chi connectivity index (χ4v) is 3.09. The monoisotopic (exact) mass is 348 g/mol. The van der Waals surface area contributed by atoms with E-state index in [2.05, 4.69) is 10.6 Å². The van der Waals surface area contributed by atoms with Gasteiger partial charge in [-0.05, 0) is 42.5 Å². The Kier molecular flexibility index (Phi) is 5.04. The van der Waals surface area contributed by atoms with Gasteiger partial charge in [-0.2, -0.15) is 0 Å². The van der Waals surface area contributed by atoms with Crippen LogP contribution in [-0.2, 0) is 6.54 Å². The molecule has 1 saturated carbocycles. The Morgan fingerprint density at radius 3 is 2.46 bits per heavy atom. The second-order valence-corrected chi connectivity index (χ2v) is 6.64. The van der Waals surface area contributed by atoms with Crippen LogP contribution in [0.5, 0.6) is 0 Å². The Hall–Kier alpha value is -2.08. The van der Waals surface area contributed by atoms with Gasteiger partial charge in [-0.25, -0.2) is 13.6 Å². The van der Waals surface area contributed by atoms with Gasteiger partial charge in [-0.1, -0.05) is 18.2 Å². The number of carbonyl (C=O) groups excluding carboxylic acids is 1. The van der Waals surface area contributed by atoms with E-state index in [4.69, 9.17) is 0 Å². The Bertz CT molecular complexity index is 716. The van der Waals surface area contributed by atoms with Gasteiger partial charge in [-0.15, -0.1) is 11.8 Å². The molecule has 0 aromatic heterocycles. The van der Waals surface area contributed by atoms with Crippen LogP contribution < -0.4 is 10.6 Å². The van der Waals surface area contributed by atoms with Crippen LogP contribution in [0.3, 0.4) is 0 Å². The lowest BCUT2D eigenvalue weighted by Gasteiger charge is -2.09. The molecule has 2 atom stereocenters. The van der Waals surface area contributed by atoms with E-state index in [0.29, 0.717) is 13.0 Å². The van der Waals surface area contributed by atoms with Crippen molar-refractivity contribution >= 4 is 17.8 Å². The molecule has 0 radical (unpaired) electrons. The maximum absolute atomic E-state index is 13.7. The summed E-state index contributed by atoms with van der Waals surface area (Å²) in [5, 5.41) is 5.53. The average Bonchev–Trinajstić information content (AvgIpc) is 3.32. The molecule has 0 heterocycles. The van der Waals surface area contributed by atoms with E-state index in [9.17, 15) is 13.6 Å². The quantitative estimate of drug-likeness (QED) is 0.801. The summed E-state index contributed by atoms with van der Waals surface area (Å²) >= 11 is 1.66. The van der Waals surface area contributed by atoms with Gasteiger partial charge in [0.2, 0.25) is 0 Å². The smallest absolute Gasteiger partial charge is 0.315 e. The van der Waals surface area contributed by atoms with E-state index in [-0.39, 0.29) is 23.6 Å². The number of urea groups is 1. The van der Waals surface area contributed by atoms with Gasteiger partial charge >= 0.3 is 6.03 Å². The molecule has 2 N–H and O–H groups in total. The lowest BCUT2D eigenvalue weighted by atomic mass is 10.1. The zero-order chi connectivity index (χ0) is 17.1. The zero-order valence-corrected chi connectivity index (χ0v) is 14.0. The van der Waals surface area contributed by atoms with Crippen molar-refractivity contribution in [3.05, 3.63) is 65.2 Å². The van der Waals surface area contributed by atoms with Crippen molar-refractivity contribution in [2.45, 2.75) is 29.8 Å². The third-order valence-electron chi connectivity index (χ3n) is 4.09. The Labute approximate surface area is 143 Å². The van der Waals surface area contributed by atoms with E-state index in [1.54, 1.807) is 11.8 Å². The van der Waals surface area contributed by atoms with Crippen LogP contribution in [-0.4, -0.2) is 18.3 Å². The molecule has 1 aliphatic carbocycles. The van der Waals surface area contributed by atoms with Crippen LogP contribution in [0.1, 0.15) is 23.5 Å². The van der Waals surface area contributed by atoms with E-state index in [1.807, 2.05) is 30.5 Å². The fraction of sp³-hybridized carbons (Fsp3) is 0.278. The van der Waals surface area contributed by atoms with Gasteiger partial charge in [-0.3, -0.25) is 0 Å². The highest BCUT2D eigenvalue weighted by atomic mass is 32.2. The standard InChI is InChI=1S/C18H18F2N2OS/c1-24-12-7-5-11(6-8-12)10-21-18(23)22-16-9-13(16)17-14(19)3-2-4-15(17)20/h2-8,13,16H,9-10H2,1H3,(H2,21,22,23). The molecule has 2 amide bonds. The van der Waals surface area contributed by atoms with Crippen molar-refractivity contribution in [3.8, 4) is 0 Å². The molecule has 0 bridgehead atoms.